The van der Waals surface area contributed by atoms with E-state index in [1.54, 1.807) is 0 Å². The van der Waals surface area contributed by atoms with Crippen LogP contribution in [-0.2, 0) is 26.0 Å². The van der Waals surface area contributed by atoms with Crippen LogP contribution in [-0.4, -0.2) is 4.32 Å². The van der Waals surface area contributed by atoms with Crippen molar-refractivity contribution in [1.29, 1.82) is 0 Å². The molecule has 0 aliphatic rings. The van der Waals surface area contributed by atoms with Gasteiger partial charge in [0.2, 0.25) is 0 Å². The second kappa shape index (κ2) is 6.58. The molecule has 0 atom stereocenters. The predicted molar refractivity (Wildman–Crippen MR) is 55.1 cm³/mol. The first-order chi connectivity index (χ1) is 5.29. The van der Waals surface area contributed by atoms with Gasteiger partial charge >= 0.3 is 0 Å². The van der Waals surface area contributed by atoms with Gasteiger partial charge in [0.25, 0.3) is 0 Å². The molecule has 0 unspecified atom stereocenters. The molecule has 1 nitrogen and oxygen atoms in total. The van der Waals surface area contributed by atoms with E-state index in [-0.39, 0.29) is 19.5 Å². The van der Waals surface area contributed by atoms with E-state index in [1.807, 2.05) is 30.3 Å². The summed E-state index contributed by atoms with van der Waals surface area (Å²) in [5, 5.41) is 3.99. The Balaban J connectivity index is 0.00000121. The summed E-state index contributed by atoms with van der Waals surface area (Å²) in [6.07, 6.45) is 0. The third kappa shape index (κ3) is 4.86. The Morgan fingerprint density at radius 2 is 1.92 bits per heavy atom. The number of nitrogens with zero attached hydrogens (tertiary/aromatic N) is 1. The fourth-order valence-corrected chi connectivity index (χ4v) is 0.878. The molecule has 0 fully saturated rings. The van der Waals surface area contributed by atoms with Gasteiger partial charge < -0.3 is 5.32 Å². The zero-order valence-electron chi connectivity index (χ0n) is 6.60. The SMILES string of the molecule is S=C(S)[N-]Cc1ccccc1.[Zn]. The van der Waals surface area contributed by atoms with Crippen LogP contribution < -0.4 is 0 Å². The molecular formula is C8H8NS2Zn-. The molecule has 0 aliphatic heterocycles. The minimum atomic E-state index is 0. The second-order valence-electron chi connectivity index (χ2n) is 2.08. The standard InChI is InChI=1S/C8H9NS2.Zn/c10-8(11)9-6-7-4-2-1-3-5-7;/h1-5H,6H2,(H2,9,10,11);/p-1. The molecule has 0 N–H and O–H groups in total. The van der Waals surface area contributed by atoms with Gasteiger partial charge in [0, 0.05) is 19.5 Å². The average Bonchev–Trinajstić information content (AvgIpc) is 2.03. The van der Waals surface area contributed by atoms with E-state index in [1.165, 1.54) is 0 Å². The molecule has 1 aromatic rings. The fourth-order valence-electron chi connectivity index (χ4n) is 0.742. The Kier molecular flexibility index (Phi) is 6.63. The first-order valence-electron chi connectivity index (χ1n) is 3.23. The van der Waals surface area contributed by atoms with Gasteiger partial charge in [0.05, 0.1) is 0 Å². The Hall–Kier alpha value is 0.0834. The molecule has 4 heteroatoms. The molecular weight excluding hydrogens is 240 g/mol. The quantitative estimate of drug-likeness (QED) is 0.482. The molecule has 0 amide bonds. The van der Waals surface area contributed by atoms with E-state index in [2.05, 4.69) is 17.9 Å². The topological polar surface area (TPSA) is 14.1 Å². The van der Waals surface area contributed by atoms with Crippen molar-refractivity contribution >= 4 is 29.2 Å². The fraction of sp³-hybridized carbons (Fsp3) is 0.125. The van der Waals surface area contributed by atoms with E-state index in [9.17, 15) is 0 Å². The van der Waals surface area contributed by atoms with Crippen molar-refractivity contribution < 1.29 is 19.5 Å². The first-order valence-corrected chi connectivity index (χ1v) is 4.09. The van der Waals surface area contributed by atoms with E-state index in [4.69, 9.17) is 12.2 Å². The van der Waals surface area contributed by atoms with Gasteiger partial charge in [-0.05, 0) is 4.32 Å². The molecule has 60 valence electrons. The first kappa shape index (κ1) is 12.1. The normalized spacial score (nSPS) is 8.42. The van der Waals surface area contributed by atoms with Gasteiger partial charge in [-0.3, -0.25) is 0 Å². The monoisotopic (exact) mass is 246 g/mol. The molecule has 0 heterocycles. The summed E-state index contributed by atoms with van der Waals surface area (Å²) in [5.41, 5.74) is 1.16. The molecule has 0 spiro atoms. The van der Waals surface area contributed by atoms with Crippen molar-refractivity contribution in [2.45, 2.75) is 6.54 Å². The van der Waals surface area contributed by atoms with Crippen molar-refractivity contribution in [3.8, 4) is 0 Å². The molecule has 1 aromatic carbocycles. The molecule has 0 aromatic heterocycles. The maximum atomic E-state index is 4.69. The molecule has 0 saturated carbocycles. The number of hydrogen-bond donors (Lipinski definition) is 1. The van der Waals surface area contributed by atoms with E-state index >= 15 is 0 Å². The predicted octanol–water partition coefficient (Wildman–Crippen LogP) is 2.77. The Labute approximate surface area is 96.1 Å². The summed E-state index contributed by atoms with van der Waals surface area (Å²) < 4.78 is 0.411. The summed E-state index contributed by atoms with van der Waals surface area (Å²) in [6, 6.07) is 9.95. The van der Waals surface area contributed by atoms with Gasteiger partial charge in [-0.2, -0.15) is 12.6 Å². The Morgan fingerprint density at radius 1 is 1.33 bits per heavy atom. The summed E-state index contributed by atoms with van der Waals surface area (Å²) in [6.45, 7) is 0.628. The van der Waals surface area contributed by atoms with Crippen molar-refractivity contribution in [3.05, 3.63) is 41.2 Å². The van der Waals surface area contributed by atoms with Crippen molar-refractivity contribution in [2.24, 2.45) is 0 Å². The van der Waals surface area contributed by atoms with Crippen LogP contribution in [0.3, 0.4) is 0 Å². The van der Waals surface area contributed by atoms with Gasteiger partial charge in [0.1, 0.15) is 0 Å². The Bertz CT molecular complexity index is 238. The van der Waals surface area contributed by atoms with Gasteiger partial charge in [0.15, 0.2) is 0 Å². The summed E-state index contributed by atoms with van der Waals surface area (Å²) >= 11 is 8.59. The van der Waals surface area contributed by atoms with E-state index in [0.29, 0.717) is 10.9 Å². The molecule has 0 bridgehead atoms. The third-order valence-electron chi connectivity index (χ3n) is 1.24. The molecule has 12 heavy (non-hydrogen) atoms. The van der Waals surface area contributed by atoms with Gasteiger partial charge in [-0.25, -0.2) is 0 Å². The van der Waals surface area contributed by atoms with Crippen LogP contribution in [0.5, 0.6) is 0 Å². The van der Waals surface area contributed by atoms with Crippen LogP contribution in [0.1, 0.15) is 5.56 Å². The van der Waals surface area contributed by atoms with Crippen molar-refractivity contribution in [2.75, 3.05) is 0 Å². The van der Waals surface area contributed by atoms with E-state index in [0.717, 1.165) is 5.56 Å². The zero-order valence-corrected chi connectivity index (χ0v) is 11.3. The maximum Gasteiger partial charge on any atom is 0 e. The number of rotatable bonds is 2. The summed E-state index contributed by atoms with van der Waals surface area (Å²) in [5.74, 6) is 0. The van der Waals surface area contributed by atoms with Gasteiger partial charge in [-0.15, -0.1) is 6.54 Å². The second-order valence-corrected chi connectivity index (χ2v) is 3.20. The molecule has 1 rings (SSSR count). The Morgan fingerprint density at radius 3 is 2.42 bits per heavy atom. The van der Waals surface area contributed by atoms with Gasteiger partial charge in [-0.1, -0.05) is 48.1 Å². The number of thiol groups is 1. The zero-order chi connectivity index (χ0) is 8.10. The smallest absolute Gasteiger partial charge is 0 e. The summed E-state index contributed by atoms with van der Waals surface area (Å²) in [7, 11) is 0. The van der Waals surface area contributed by atoms with Crippen LogP contribution in [0.2, 0.25) is 0 Å². The maximum absolute atomic E-state index is 4.69. The summed E-state index contributed by atoms with van der Waals surface area (Å²) in [4.78, 5) is 0. The molecule has 0 aliphatic carbocycles. The van der Waals surface area contributed by atoms with Crippen molar-refractivity contribution in [3.63, 3.8) is 0 Å². The van der Waals surface area contributed by atoms with Crippen LogP contribution in [0.25, 0.3) is 5.32 Å². The van der Waals surface area contributed by atoms with Crippen LogP contribution in [0, 0.1) is 0 Å². The molecule has 0 saturated heterocycles. The van der Waals surface area contributed by atoms with Crippen LogP contribution >= 0.6 is 24.8 Å². The average molecular weight is 248 g/mol. The largest absolute Gasteiger partial charge is 0.666 e. The minimum Gasteiger partial charge on any atom is -0.666 e. The minimum absolute atomic E-state index is 0. The third-order valence-corrected chi connectivity index (χ3v) is 1.51. The number of benzene rings is 1. The van der Waals surface area contributed by atoms with Crippen molar-refractivity contribution in [1.82, 2.24) is 0 Å². The van der Waals surface area contributed by atoms with Crippen LogP contribution in [0.15, 0.2) is 30.3 Å². The number of hydrogen-bond acceptors (Lipinski definition) is 1. The number of thiocarbonyl (C=S) groups is 1. The van der Waals surface area contributed by atoms with E-state index < -0.39 is 0 Å². The van der Waals surface area contributed by atoms with Crippen LogP contribution in [0.4, 0.5) is 0 Å². The molecule has 0 radical (unpaired) electrons.